The van der Waals surface area contributed by atoms with Gasteiger partial charge in [0.25, 0.3) is 17.5 Å². The smallest absolute Gasteiger partial charge is 0.282 e. The number of carbonyl (C=O) groups excluding carboxylic acids is 1. The predicted octanol–water partition coefficient (Wildman–Crippen LogP) is 2.06. The largest absolute Gasteiger partial charge is 0.346 e. The van der Waals surface area contributed by atoms with Crippen LogP contribution in [0.25, 0.3) is 0 Å². The van der Waals surface area contributed by atoms with E-state index in [9.17, 15) is 23.7 Å². The average molecular weight is 342 g/mol. The molecule has 0 saturated carbocycles. The first-order chi connectivity index (χ1) is 9.30. The van der Waals surface area contributed by atoms with Crippen LogP contribution in [0.15, 0.2) is 23.1 Å². The van der Waals surface area contributed by atoms with Gasteiger partial charge in [0, 0.05) is 11.0 Å². The van der Waals surface area contributed by atoms with E-state index in [1.807, 2.05) is 5.32 Å². The normalized spacial score (nSPS) is 10.7. The first-order valence-electron chi connectivity index (χ1n) is 5.49. The monoisotopic (exact) mass is 341 g/mol. The highest BCUT2D eigenvalue weighted by Crippen LogP contribution is 2.24. The number of nitrogens with one attached hydrogen (secondary N) is 1. The van der Waals surface area contributed by atoms with Crippen molar-refractivity contribution in [1.82, 2.24) is 5.32 Å². The van der Waals surface area contributed by atoms with Crippen molar-refractivity contribution in [2.45, 2.75) is 10.8 Å². The fourth-order valence-electron chi connectivity index (χ4n) is 1.36. The van der Waals surface area contributed by atoms with Crippen molar-refractivity contribution in [2.24, 2.45) is 5.73 Å². The van der Waals surface area contributed by atoms with Crippen LogP contribution < -0.4 is 11.1 Å². The standard InChI is InChI=1S/C11H13F2N3O3S.ClH/c1-20-7-2-3-9(16(18)19)8(4-7)10(17)15-6-11(12,13)5-14;/h2-4H,5-6,14H2,1H3,(H,15,17);1H. The number of alkyl halides is 2. The fourth-order valence-corrected chi connectivity index (χ4v) is 1.80. The van der Waals surface area contributed by atoms with E-state index in [4.69, 9.17) is 5.73 Å². The van der Waals surface area contributed by atoms with Crippen molar-refractivity contribution < 1.29 is 18.5 Å². The number of nitro groups is 1. The summed E-state index contributed by atoms with van der Waals surface area (Å²) in [5.41, 5.74) is 4.15. The fraction of sp³-hybridized carbons (Fsp3) is 0.364. The summed E-state index contributed by atoms with van der Waals surface area (Å²) >= 11 is 1.28. The highest BCUT2D eigenvalue weighted by Gasteiger charge is 2.29. The Labute approximate surface area is 130 Å². The molecule has 21 heavy (non-hydrogen) atoms. The molecule has 3 N–H and O–H groups in total. The van der Waals surface area contributed by atoms with Crippen molar-refractivity contribution in [3.8, 4) is 0 Å². The third-order valence-corrected chi connectivity index (χ3v) is 3.18. The summed E-state index contributed by atoms with van der Waals surface area (Å²) in [4.78, 5) is 22.5. The van der Waals surface area contributed by atoms with Gasteiger partial charge >= 0.3 is 0 Å². The molecule has 10 heteroatoms. The van der Waals surface area contributed by atoms with Crippen molar-refractivity contribution in [3.05, 3.63) is 33.9 Å². The summed E-state index contributed by atoms with van der Waals surface area (Å²) in [5, 5.41) is 12.8. The predicted molar refractivity (Wildman–Crippen MR) is 78.5 cm³/mol. The molecule has 0 radical (unpaired) electrons. The van der Waals surface area contributed by atoms with E-state index in [1.165, 1.54) is 30.0 Å². The molecule has 0 saturated heterocycles. The number of rotatable bonds is 6. The molecule has 1 amide bonds. The maximum Gasteiger partial charge on any atom is 0.282 e. The second-order valence-corrected chi connectivity index (χ2v) is 4.76. The number of benzene rings is 1. The van der Waals surface area contributed by atoms with Crippen LogP contribution in [0, 0.1) is 10.1 Å². The minimum absolute atomic E-state index is 0. The molecule has 1 aromatic rings. The zero-order valence-corrected chi connectivity index (χ0v) is 12.6. The third kappa shape index (κ3) is 5.44. The number of hydrogen-bond acceptors (Lipinski definition) is 5. The zero-order chi connectivity index (χ0) is 15.3. The number of carbonyl (C=O) groups is 1. The van der Waals surface area contributed by atoms with Crippen molar-refractivity contribution in [2.75, 3.05) is 19.3 Å². The second kappa shape index (κ2) is 8.11. The lowest BCUT2D eigenvalue weighted by atomic mass is 10.1. The number of nitrogens with zero attached hydrogens (tertiary/aromatic N) is 1. The first kappa shape index (κ1) is 19.6. The first-order valence-corrected chi connectivity index (χ1v) is 6.71. The van der Waals surface area contributed by atoms with E-state index in [1.54, 1.807) is 6.26 Å². The van der Waals surface area contributed by atoms with Gasteiger partial charge in [0.15, 0.2) is 0 Å². The molecule has 0 spiro atoms. The van der Waals surface area contributed by atoms with Crippen LogP contribution >= 0.6 is 24.2 Å². The Morgan fingerprint density at radius 1 is 1.52 bits per heavy atom. The number of nitrogens with two attached hydrogens (primary N) is 1. The van der Waals surface area contributed by atoms with Crippen LogP contribution in [0.1, 0.15) is 10.4 Å². The summed E-state index contributed by atoms with van der Waals surface area (Å²) in [5.74, 6) is -4.18. The number of thioether (sulfide) groups is 1. The van der Waals surface area contributed by atoms with Gasteiger partial charge in [-0.15, -0.1) is 24.2 Å². The molecular formula is C11H14ClF2N3O3S. The van der Waals surface area contributed by atoms with E-state index >= 15 is 0 Å². The van der Waals surface area contributed by atoms with Gasteiger partial charge in [-0.1, -0.05) is 0 Å². The molecule has 0 fully saturated rings. The molecule has 0 aliphatic heterocycles. The molecule has 0 aliphatic carbocycles. The molecule has 0 bridgehead atoms. The highest BCUT2D eigenvalue weighted by molar-refractivity contribution is 7.98. The maximum atomic E-state index is 13.0. The van der Waals surface area contributed by atoms with Crippen molar-refractivity contribution in [1.29, 1.82) is 0 Å². The molecule has 0 aromatic heterocycles. The van der Waals surface area contributed by atoms with Gasteiger partial charge in [-0.25, -0.2) is 8.78 Å². The van der Waals surface area contributed by atoms with Gasteiger partial charge in [0.05, 0.1) is 18.0 Å². The lowest BCUT2D eigenvalue weighted by Crippen LogP contribution is -2.41. The summed E-state index contributed by atoms with van der Waals surface area (Å²) in [6, 6.07) is 3.94. The summed E-state index contributed by atoms with van der Waals surface area (Å²) < 4.78 is 25.9. The molecule has 6 nitrogen and oxygen atoms in total. The Hall–Kier alpha value is -1.45. The lowest BCUT2D eigenvalue weighted by Gasteiger charge is -2.14. The number of hydrogen-bond donors (Lipinski definition) is 2. The Morgan fingerprint density at radius 3 is 2.62 bits per heavy atom. The number of amides is 1. The van der Waals surface area contributed by atoms with Crippen molar-refractivity contribution in [3.63, 3.8) is 0 Å². The van der Waals surface area contributed by atoms with Gasteiger partial charge in [-0.05, 0) is 18.4 Å². The van der Waals surface area contributed by atoms with Crippen LogP contribution in [0.5, 0.6) is 0 Å². The van der Waals surface area contributed by atoms with Crippen LogP contribution in [0.3, 0.4) is 0 Å². The molecule has 1 aromatic carbocycles. The Bertz CT molecular complexity index is 531. The van der Waals surface area contributed by atoms with Crippen molar-refractivity contribution >= 4 is 35.8 Å². The minimum atomic E-state index is -3.25. The Kier molecular flexibility index (Phi) is 7.55. The van der Waals surface area contributed by atoms with Crippen LogP contribution in [-0.2, 0) is 0 Å². The number of nitro benzene ring substituents is 1. The van der Waals surface area contributed by atoms with Gasteiger partial charge in [0.2, 0.25) is 0 Å². The molecule has 0 unspecified atom stereocenters. The van der Waals surface area contributed by atoms with Gasteiger partial charge in [0.1, 0.15) is 5.56 Å². The zero-order valence-electron chi connectivity index (χ0n) is 11.0. The van der Waals surface area contributed by atoms with Crippen LogP contribution in [-0.4, -0.2) is 36.1 Å². The summed E-state index contributed by atoms with van der Waals surface area (Å²) in [6.45, 7) is -1.89. The molecule has 0 atom stereocenters. The minimum Gasteiger partial charge on any atom is -0.346 e. The molecule has 118 valence electrons. The average Bonchev–Trinajstić information content (AvgIpc) is 2.44. The SMILES string of the molecule is CSc1ccc([N+](=O)[O-])c(C(=O)NCC(F)(F)CN)c1.Cl. The topological polar surface area (TPSA) is 98.3 Å². The third-order valence-electron chi connectivity index (χ3n) is 2.45. The van der Waals surface area contributed by atoms with Gasteiger partial charge in [-0.3, -0.25) is 14.9 Å². The second-order valence-electron chi connectivity index (χ2n) is 3.88. The van der Waals surface area contributed by atoms with Gasteiger partial charge < -0.3 is 11.1 Å². The van der Waals surface area contributed by atoms with E-state index < -0.39 is 35.5 Å². The van der Waals surface area contributed by atoms with Crippen LogP contribution in [0.4, 0.5) is 14.5 Å². The molecular weight excluding hydrogens is 328 g/mol. The quantitative estimate of drug-likeness (QED) is 0.469. The van der Waals surface area contributed by atoms with E-state index in [0.29, 0.717) is 4.90 Å². The highest BCUT2D eigenvalue weighted by atomic mass is 35.5. The summed E-state index contributed by atoms with van der Waals surface area (Å²) in [7, 11) is 0. The Balaban J connectivity index is 0.00000400. The molecule has 0 aliphatic rings. The number of halogens is 3. The molecule has 1 rings (SSSR count). The maximum absolute atomic E-state index is 13.0. The van der Waals surface area contributed by atoms with Gasteiger partial charge in [-0.2, -0.15) is 0 Å². The summed E-state index contributed by atoms with van der Waals surface area (Å²) in [6.07, 6.45) is 1.73. The van der Waals surface area contributed by atoms with E-state index in [-0.39, 0.29) is 18.0 Å². The molecule has 0 heterocycles. The Morgan fingerprint density at radius 2 is 2.14 bits per heavy atom. The van der Waals surface area contributed by atoms with E-state index in [0.717, 1.165) is 0 Å². The lowest BCUT2D eigenvalue weighted by molar-refractivity contribution is -0.385. The van der Waals surface area contributed by atoms with Crippen LogP contribution in [0.2, 0.25) is 0 Å². The van der Waals surface area contributed by atoms with E-state index in [2.05, 4.69) is 0 Å².